The fourth-order valence-corrected chi connectivity index (χ4v) is 4.69. The normalized spacial score (nSPS) is 13.6. The molecule has 1 aliphatic carbocycles. The Hall–Kier alpha value is -3.39. The molecule has 2 heteroatoms. The molecule has 4 aromatic rings. The third-order valence-corrected chi connectivity index (χ3v) is 5.87. The summed E-state index contributed by atoms with van der Waals surface area (Å²) >= 11 is 0. The summed E-state index contributed by atoms with van der Waals surface area (Å²) < 4.78 is 0. The summed E-state index contributed by atoms with van der Waals surface area (Å²) in [4.78, 5) is 11.6. The van der Waals surface area contributed by atoms with Gasteiger partial charge in [0, 0.05) is 5.56 Å². The molecule has 0 saturated heterocycles. The Bertz CT molecular complexity index is 1140. The van der Waals surface area contributed by atoms with Gasteiger partial charge in [-0.25, -0.2) is 0 Å². The molecule has 1 nitrogen and oxygen atoms in total. The highest BCUT2D eigenvalue weighted by Crippen LogP contribution is 2.55. The Morgan fingerprint density at radius 1 is 0.643 bits per heavy atom. The van der Waals surface area contributed by atoms with Crippen LogP contribution in [0.25, 0.3) is 11.1 Å². The molecule has 1 aliphatic rings. The lowest BCUT2D eigenvalue weighted by Gasteiger charge is -2.34. The van der Waals surface area contributed by atoms with E-state index in [-0.39, 0.29) is 0 Å². The van der Waals surface area contributed by atoms with E-state index in [9.17, 15) is 4.79 Å². The Morgan fingerprint density at radius 3 is 1.75 bits per heavy atom. The van der Waals surface area contributed by atoms with Crippen molar-refractivity contribution in [2.45, 2.75) is 5.41 Å². The summed E-state index contributed by atoms with van der Waals surface area (Å²) in [5.74, 6) is 0. The lowest BCUT2D eigenvalue weighted by molar-refractivity contribution is 0.112. The maximum absolute atomic E-state index is 11.6. The van der Waals surface area contributed by atoms with E-state index >= 15 is 0 Å². The van der Waals surface area contributed by atoms with Gasteiger partial charge in [0.1, 0.15) is 14.1 Å². The second kappa shape index (κ2) is 6.35. The molecule has 0 atom stereocenters. The predicted molar refractivity (Wildman–Crippen MR) is 117 cm³/mol. The van der Waals surface area contributed by atoms with E-state index in [0.29, 0.717) is 5.56 Å². The lowest BCUT2D eigenvalue weighted by atomic mass is 9.67. The average Bonchev–Trinajstić information content (AvgIpc) is 3.04. The van der Waals surface area contributed by atoms with Gasteiger partial charge in [-0.2, -0.15) is 0 Å². The van der Waals surface area contributed by atoms with Crippen molar-refractivity contribution in [2.24, 2.45) is 0 Å². The van der Waals surface area contributed by atoms with E-state index in [1.165, 1.54) is 38.8 Å². The first-order valence-corrected chi connectivity index (χ1v) is 9.57. The minimum absolute atomic E-state index is 0.432. The number of carbonyl (C=O) groups excluding carboxylic acids is 1. The minimum Gasteiger partial charge on any atom is -0.298 e. The van der Waals surface area contributed by atoms with Crippen LogP contribution in [0.2, 0.25) is 0 Å². The fourth-order valence-electron chi connectivity index (χ4n) is 4.69. The quantitative estimate of drug-likeness (QED) is 0.350. The Balaban J connectivity index is 1.99. The second-order valence-electron chi connectivity index (χ2n) is 7.45. The molecule has 0 radical (unpaired) electrons. The van der Waals surface area contributed by atoms with Crippen LogP contribution in [-0.2, 0) is 5.41 Å². The van der Waals surface area contributed by atoms with Gasteiger partial charge in [0.15, 0.2) is 0 Å². The van der Waals surface area contributed by atoms with Crippen LogP contribution in [0.1, 0.15) is 32.6 Å². The van der Waals surface area contributed by atoms with Gasteiger partial charge in [-0.3, -0.25) is 4.79 Å². The third-order valence-electron chi connectivity index (χ3n) is 5.87. The highest BCUT2D eigenvalue weighted by atomic mass is 16.1. The molecular weight excluding hydrogens is 339 g/mol. The number of hydrogen-bond donors (Lipinski definition) is 0. The maximum Gasteiger partial charge on any atom is 0.150 e. The van der Waals surface area contributed by atoms with Crippen LogP contribution >= 0.6 is 0 Å². The Kier molecular flexibility index (Phi) is 3.80. The van der Waals surface area contributed by atoms with E-state index in [0.717, 1.165) is 6.29 Å². The van der Waals surface area contributed by atoms with Crippen molar-refractivity contribution in [3.05, 3.63) is 125 Å². The highest BCUT2D eigenvalue weighted by Gasteiger charge is 2.46. The smallest absolute Gasteiger partial charge is 0.150 e. The third kappa shape index (κ3) is 2.24. The average molecular weight is 358 g/mol. The monoisotopic (exact) mass is 358 g/mol. The lowest BCUT2D eigenvalue weighted by Crippen LogP contribution is -2.29. The van der Waals surface area contributed by atoms with Gasteiger partial charge in [-0.15, -0.1) is 0 Å². The first kappa shape index (κ1) is 16.8. The van der Waals surface area contributed by atoms with Crippen LogP contribution in [-0.4, -0.2) is 14.1 Å². The fraction of sp³-hybridized carbons (Fsp3) is 0.0385. The van der Waals surface area contributed by atoms with Crippen molar-refractivity contribution in [2.75, 3.05) is 0 Å². The number of carbonyl (C=O) groups is 1. The summed E-state index contributed by atoms with van der Waals surface area (Å²) in [6.07, 6.45) is 0.940. The van der Waals surface area contributed by atoms with Crippen LogP contribution in [0.5, 0.6) is 0 Å². The molecule has 132 valence electrons. The number of fused-ring (bicyclic) bond motifs is 3. The summed E-state index contributed by atoms with van der Waals surface area (Å²) in [5, 5.41) is 0. The zero-order valence-corrected chi connectivity index (χ0v) is 15.7. The number of benzene rings is 4. The molecule has 0 bridgehead atoms. The van der Waals surface area contributed by atoms with Crippen molar-refractivity contribution in [1.29, 1.82) is 0 Å². The molecule has 0 fully saturated rings. The van der Waals surface area contributed by atoms with Gasteiger partial charge in [0.05, 0.1) is 5.41 Å². The highest BCUT2D eigenvalue weighted by molar-refractivity contribution is 6.32. The van der Waals surface area contributed by atoms with Crippen molar-refractivity contribution in [1.82, 2.24) is 0 Å². The van der Waals surface area contributed by atoms with E-state index in [2.05, 4.69) is 98.8 Å². The number of aldehydes is 1. The van der Waals surface area contributed by atoms with Crippen LogP contribution in [0.3, 0.4) is 0 Å². The zero-order valence-electron chi connectivity index (χ0n) is 15.7. The topological polar surface area (TPSA) is 17.1 Å². The molecule has 5 rings (SSSR count). The summed E-state index contributed by atoms with van der Waals surface area (Å²) in [6.45, 7) is 0. The Morgan fingerprint density at radius 2 is 1.18 bits per heavy atom. The summed E-state index contributed by atoms with van der Waals surface area (Å²) in [7, 11) is 2.14. The standard InChI is InChI=1S/C26H19BO/c27-21-12-14-23-22-13-11-18(17-28)15-24(22)26(25(23)16-21,19-7-3-1-4-8-19)20-9-5-2-6-10-20/h1-17H,27H2. The first-order valence-electron chi connectivity index (χ1n) is 9.57. The summed E-state index contributed by atoms with van der Waals surface area (Å²) in [5.41, 5.74) is 8.85. The van der Waals surface area contributed by atoms with Crippen molar-refractivity contribution < 1.29 is 4.79 Å². The van der Waals surface area contributed by atoms with E-state index < -0.39 is 5.41 Å². The van der Waals surface area contributed by atoms with Gasteiger partial charge in [-0.1, -0.05) is 96.5 Å². The van der Waals surface area contributed by atoms with Crippen LogP contribution in [0.15, 0.2) is 97.1 Å². The van der Waals surface area contributed by atoms with Crippen LogP contribution < -0.4 is 5.46 Å². The van der Waals surface area contributed by atoms with Gasteiger partial charge in [0.25, 0.3) is 0 Å². The molecule has 0 saturated carbocycles. The molecule has 4 aromatic carbocycles. The van der Waals surface area contributed by atoms with Gasteiger partial charge < -0.3 is 0 Å². The van der Waals surface area contributed by atoms with Crippen molar-refractivity contribution >= 4 is 19.6 Å². The first-order chi connectivity index (χ1) is 13.7. The Labute approximate surface area is 166 Å². The minimum atomic E-state index is -0.432. The van der Waals surface area contributed by atoms with E-state index in [4.69, 9.17) is 0 Å². The molecule has 28 heavy (non-hydrogen) atoms. The second-order valence-corrected chi connectivity index (χ2v) is 7.45. The predicted octanol–water partition coefficient (Wildman–Crippen LogP) is 4.12. The largest absolute Gasteiger partial charge is 0.298 e. The van der Waals surface area contributed by atoms with E-state index in [1.807, 2.05) is 6.07 Å². The molecular formula is C26H19BO. The number of hydrogen-bond acceptors (Lipinski definition) is 1. The molecule has 0 heterocycles. The van der Waals surface area contributed by atoms with Gasteiger partial charge in [0.2, 0.25) is 0 Å². The number of rotatable bonds is 3. The molecule has 0 N–H and O–H groups in total. The van der Waals surface area contributed by atoms with Crippen molar-refractivity contribution in [3.63, 3.8) is 0 Å². The molecule has 0 spiro atoms. The molecule has 0 aromatic heterocycles. The molecule has 0 aliphatic heterocycles. The SMILES string of the molecule is Bc1ccc2c(c1)C(c1ccccc1)(c1ccccc1)c1cc(C=O)ccc1-2. The van der Waals surface area contributed by atoms with Gasteiger partial charge in [-0.05, 0) is 39.4 Å². The molecule has 0 unspecified atom stereocenters. The van der Waals surface area contributed by atoms with Gasteiger partial charge >= 0.3 is 0 Å². The van der Waals surface area contributed by atoms with Crippen molar-refractivity contribution in [3.8, 4) is 11.1 Å². The van der Waals surface area contributed by atoms with E-state index in [1.54, 1.807) is 0 Å². The van der Waals surface area contributed by atoms with Crippen LogP contribution in [0, 0.1) is 0 Å². The van der Waals surface area contributed by atoms with Crippen LogP contribution in [0.4, 0.5) is 0 Å². The maximum atomic E-state index is 11.6. The zero-order chi connectivity index (χ0) is 19.1. The summed E-state index contributed by atoms with van der Waals surface area (Å²) in [6, 6.07) is 34.0. The molecule has 0 amide bonds.